The molecule has 0 heterocycles. The maximum Gasteiger partial charge on any atom is 0.415 e. The van der Waals surface area contributed by atoms with E-state index in [9.17, 15) is 4.39 Å². The van der Waals surface area contributed by atoms with Gasteiger partial charge >= 0.3 is 4.50 Å². The Bertz CT molecular complexity index is 664. The molecule has 23 heavy (non-hydrogen) atoms. The number of hydrogen-bond acceptors (Lipinski definition) is 1. The van der Waals surface area contributed by atoms with Gasteiger partial charge in [-0.3, -0.25) is 0 Å². The van der Waals surface area contributed by atoms with Crippen LogP contribution in [0, 0.1) is 11.2 Å². The normalized spacial score (nSPS) is 12.2. The van der Waals surface area contributed by atoms with Gasteiger partial charge < -0.3 is 4.81 Å². The summed E-state index contributed by atoms with van der Waals surface area (Å²) in [5.74, 6) is -0.237. The summed E-state index contributed by atoms with van der Waals surface area (Å²) in [5.41, 5.74) is 3.07. The van der Waals surface area contributed by atoms with Crippen LogP contribution in [0.2, 0.25) is 0 Å². The van der Waals surface area contributed by atoms with Crippen LogP contribution >= 0.6 is 31.5 Å². The number of allylic oxidation sites excluding steroid dienone is 1. The Labute approximate surface area is 154 Å². The van der Waals surface area contributed by atoms with Crippen molar-refractivity contribution in [2.45, 2.75) is 20.8 Å². The summed E-state index contributed by atoms with van der Waals surface area (Å²) in [6.07, 6.45) is 2.17. The third-order valence-corrected chi connectivity index (χ3v) is 4.25. The second-order valence-electron chi connectivity index (χ2n) is 6.31. The molecule has 0 amide bonds. The van der Waals surface area contributed by atoms with Crippen LogP contribution in [-0.2, 0) is 0 Å². The first kappa shape index (κ1) is 18.3. The third kappa shape index (κ3) is 4.95. The number of anilines is 1. The van der Waals surface area contributed by atoms with E-state index in [-0.39, 0.29) is 15.7 Å². The van der Waals surface area contributed by atoms with Gasteiger partial charge in [0.25, 0.3) is 0 Å². The predicted octanol–water partition coefficient (Wildman–Crippen LogP) is 6.49. The van der Waals surface area contributed by atoms with Crippen LogP contribution in [0.1, 0.15) is 26.3 Å². The second kappa shape index (κ2) is 7.67. The Morgan fingerprint density at radius 3 is 2.04 bits per heavy atom. The maximum atomic E-state index is 13.3. The van der Waals surface area contributed by atoms with Crippen molar-refractivity contribution in [3.8, 4) is 0 Å². The van der Waals surface area contributed by atoms with Crippen LogP contribution in [-0.4, -0.2) is 4.50 Å². The second-order valence-corrected chi connectivity index (χ2v) is 9.28. The molecule has 0 N–H and O–H groups in total. The smallest absolute Gasteiger partial charge is 0.369 e. The van der Waals surface area contributed by atoms with Crippen molar-refractivity contribution in [2.24, 2.45) is 5.41 Å². The molecule has 0 radical (unpaired) electrons. The van der Waals surface area contributed by atoms with E-state index < -0.39 is 0 Å². The lowest BCUT2D eigenvalue weighted by Crippen LogP contribution is -2.35. The molecule has 0 bridgehead atoms. The zero-order chi connectivity index (χ0) is 17.0. The van der Waals surface area contributed by atoms with Crippen LogP contribution in [0.4, 0.5) is 10.1 Å². The highest BCUT2D eigenvalue weighted by Crippen LogP contribution is 2.36. The fourth-order valence-corrected chi connectivity index (χ4v) is 3.23. The fraction of sp³-hybridized carbons (Fsp3) is 0.222. The molecule has 0 unspecified atom stereocenters. The van der Waals surface area contributed by atoms with Crippen LogP contribution in [0.25, 0.3) is 6.08 Å². The molecule has 0 spiro atoms. The van der Waals surface area contributed by atoms with Gasteiger partial charge in [-0.2, -0.15) is 0 Å². The summed E-state index contributed by atoms with van der Waals surface area (Å²) in [6, 6.07) is 16.7. The van der Waals surface area contributed by atoms with Gasteiger partial charge in [0.05, 0.1) is 0 Å². The van der Waals surface area contributed by atoms with Gasteiger partial charge in [0.1, 0.15) is 5.82 Å². The fourth-order valence-electron chi connectivity index (χ4n) is 2.31. The van der Waals surface area contributed by atoms with Crippen LogP contribution in [0.5, 0.6) is 0 Å². The van der Waals surface area contributed by atoms with E-state index in [1.54, 1.807) is 12.1 Å². The summed E-state index contributed by atoms with van der Waals surface area (Å²) >= 11 is 7.22. The largest absolute Gasteiger partial charge is 0.415 e. The van der Waals surface area contributed by atoms with Crippen molar-refractivity contribution >= 4 is 47.8 Å². The monoisotopic (exact) mass is 437 g/mol. The van der Waals surface area contributed by atoms with E-state index >= 15 is 0 Å². The molecule has 0 aliphatic heterocycles. The maximum absolute atomic E-state index is 13.3. The van der Waals surface area contributed by atoms with E-state index in [1.165, 1.54) is 12.1 Å². The summed E-state index contributed by atoms with van der Waals surface area (Å²) < 4.78 is 13.2. The molecule has 0 aromatic heterocycles. The molecule has 0 atom stereocenters. The van der Waals surface area contributed by atoms with Crippen molar-refractivity contribution in [1.82, 2.24) is 0 Å². The molecule has 0 saturated carbocycles. The first-order valence-corrected chi connectivity index (χ1v) is 9.22. The Morgan fingerprint density at radius 2 is 1.57 bits per heavy atom. The Kier molecular flexibility index (Phi) is 6.09. The lowest BCUT2D eigenvalue weighted by Gasteiger charge is -2.36. The Morgan fingerprint density at radius 1 is 1.00 bits per heavy atom. The van der Waals surface area contributed by atoms with Gasteiger partial charge in [0.15, 0.2) is 0 Å². The molecule has 1 nitrogen and oxygen atoms in total. The summed E-state index contributed by atoms with van der Waals surface area (Å²) in [6.45, 7) is 6.50. The molecule has 0 aliphatic carbocycles. The molecule has 2 aromatic rings. The first-order valence-electron chi connectivity index (χ1n) is 7.39. The van der Waals surface area contributed by atoms with Gasteiger partial charge in [0, 0.05) is 16.8 Å². The lowest BCUT2D eigenvalue weighted by atomic mass is 9.87. The summed E-state index contributed by atoms with van der Waals surface area (Å²) in [7, 11) is 0. The van der Waals surface area contributed by atoms with Crippen molar-refractivity contribution < 1.29 is 4.39 Å². The minimum atomic E-state index is -0.237. The third-order valence-electron chi connectivity index (χ3n) is 3.43. The molecule has 120 valence electrons. The minimum absolute atomic E-state index is 0.0932. The SMILES string of the molecule is CC(C)(C)/C(=C/c1ccccc1)N(B(Br)Br)c1ccc(F)cc1. The minimum Gasteiger partial charge on any atom is -0.369 e. The molecule has 2 rings (SSSR count). The van der Waals surface area contributed by atoms with E-state index in [1.807, 2.05) is 18.2 Å². The van der Waals surface area contributed by atoms with Gasteiger partial charge in [-0.15, -0.1) is 31.5 Å². The van der Waals surface area contributed by atoms with Gasteiger partial charge in [0.2, 0.25) is 0 Å². The van der Waals surface area contributed by atoms with E-state index in [0.29, 0.717) is 0 Å². The van der Waals surface area contributed by atoms with E-state index in [0.717, 1.165) is 16.9 Å². The highest BCUT2D eigenvalue weighted by molar-refractivity contribution is 9.49. The number of halogens is 3. The molecule has 5 heteroatoms. The molecule has 0 fully saturated rings. The average molecular weight is 439 g/mol. The summed E-state index contributed by atoms with van der Waals surface area (Å²) in [4.78, 5) is 2.12. The van der Waals surface area contributed by atoms with Crippen molar-refractivity contribution in [3.63, 3.8) is 0 Å². The quantitative estimate of drug-likeness (QED) is 0.493. The van der Waals surface area contributed by atoms with Gasteiger partial charge in [-0.1, -0.05) is 51.1 Å². The van der Waals surface area contributed by atoms with Crippen LogP contribution in [0.15, 0.2) is 60.3 Å². The van der Waals surface area contributed by atoms with Gasteiger partial charge in [-0.25, -0.2) is 4.39 Å². The van der Waals surface area contributed by atoms with Crippen molar-refractivity contribution in [2.75, 3.05) is 4.81 Å². The predicted molar refractivity (Wildman–Crippen MR) is 106 cm³/mol. The highest BCUT2D eigenvalue weighted by Gasteiger charge is 2.29. The van der Waals surface area contributed by atoms with Gasteiger partial charge in [-0.05, 0) is 35.9 Å². The average Bonchev–Trinajstić information content (AvgIpc) is 2.48. The number of benzene rings is 2. The zero-order valence-electron chi connectivity index (χ0n) is 13.4. The number of nitrogens with zero attached hydrogens (tertiary/aromatic N) is 1. The molecular formula is C18H19BBr2FN. The lowest BCUT2D eigenvalue weighted by molar-refractivity contribution is 0.502. The topological polar surface area (TPSA) is 3.24 Å². The zero-order valence-corrected chi connectivity index (χ0v) is 16.6. The standard InChI is InChI=1S/C18H19BBr2FN/c1-18(2,3)17(13-14-7-5-4-6-8-14)23(19(20)21)16-11-9-15(22)10-12-16/h4-13H,1-3H3/b17-13-. The van der Waals surface area contributed by atoms with Crippen molar-refractivity contribution in [3.05, 3.63) is 71.7 Å². The molecular weight excluding hydrogens is 420 g/mol. The van der Waals surface area contributed by atoms with Crippen LogP contribution < -0.4 is 4.81 Å². The van der Waals surface area contributed by atoms with E-state index in [4.69, 9.17) is 0 Å². The highest BCUT2D eigenvalue weighted by atomic mass is 79.9. The number of rotatable bonds is 4. The number of hydrogen-bond donors (Lipinski definition) is 0. The van der Waals surface area contributed by atoms with Crippen LogP contribution in [0.3, 0.4) is 0 Å². The molecule has 0 aliphatic rings. The molecule has 0 saturated heterocycles. The summed E-state index contributed by atoms with van der Waals surface area (Å²) in [5, 5.41) is 0. The molecule has 2 aromatic carbocycles. The van der Waals surface area contributed by atoms with Crippen molar-refractivity contribution in [1.29, 1.82) is 0 Å². The Hall–Kier alpha value is -1.07. The first-order chi connectivity index (χ1) is 10.8. The van der Waals surface area contributed by atoms with E-state index in [2.05, 4.69) is 75.3 Å². The Balaban J connectivity index is 2.55.